The van der Waals surface area contributed by atoms with Gasteiger partial charge in [0.05, 0.1) is 6.61 Å². The lowest BCUT2D eigenvalue weighted by Gasteiger charge is -2.21. The van der Waals surface area contributed by atoms with Crippen LogP contribution in [0.1, 0.15) is 55.3 Å². The molecule has 23 heavy (non-hydrogen) atoms. The summed E-state index contributed by atoms with van der Waals surface area (Å²) in [5, 5.41) is 3.04. The van der Waals surface area contributed by atoms with E-state index in [2.05, 4.69) is 5.32 Å². The maximum absolute atomic E-state index is 12.3. The molecule has 2 aliphatic carbocycles. The van der Waals surface area contributed by atoms with Crippen LogP contribution in [0.5, 0.6) is 5.75 Å². The number of nitrogens with one attached hydrogen (secondary N) is 1. The van der Waals surface area contributed by atoms with Crippen molar-refractivity contribution in [3.63, 3.8) is 0 Å². The van der Waals surface area contributed by atoms with Crippen LogP contribution in [-0.4, -0.2) is 25.1 Å². The zero-order valence-electron chi connectivity index (χ0n) is 13.8. The zero-order chi connectivity index (χ0) is 16.1. The molecule has 4 nitrogen and oxygen atoms in total. The predicted octanol–water partition coefficient (Wildman–Crippen LogP) is 3.11. The van der Waals surface area contributed by atoms with Gasteiger partial charge in [0.15, 0.2) is 0 Å². The topological polar surface area (TPSA) is 64.3 Å². The second-order valence-electron chi connectivity index (χ2n) is 6.99. The van der Waals surface area contributed by atoms with Crippen molar-refractivity contribution in [2.75, 3.05) is 13.2 Å². The fourth-order valence-electron chi connectivity index (χ4n) is 3.39. The SMILES string of the molecule is NCC(NC(=O)c1ccc(OCC2CCCCC2)cc1)C1CC1. The van der Waals surface area contributed by atoms with Gasteiger partial charge in [-0.25, -0.2) is 0 Å². The van der Waals surface area contributed by atoms with Crippen LogP contribution in [0.3, 0.4) is 0 Å². The Morgan fingerprint density at radius 3 is 2.43 bits per heavy atom. The molecular formula is C19H28N2O2. The maximum Gasteiger partial charge on any atom is 0.251 e. The number of hydrogen-bond donors (Lipinski definition) is 2. The lowest BCUT2D eigenvalue weighted by atomic mass is 9.90. The summed E-state index contributed by atoms with van der Waals surface area (Å²) in [4.78, 5) is 12.3. The number of nitrogens with two attached hydrogens (primary N) is 1. The highest BCUT2D eigenvalue weighted by molar-refractivity contribution is 5.94. The smallest absolute Gasteiger partial charge is 0.251 e. The molecule has 2 saturated carbocycles. The van der Waals surface area contributed by atoms with E-state index in [0.29, 0.717) is 23.9 Å². The summed E-state index contributed by atoms with van der Waals surface area (Å²) in [6.45, 7) is 1.31. The summed E-state index contributed by atoms with van der Waals surface area (Å²) in [7, 11) is 0. The lowest BCUT2D eigenvalue weighted by molar-refractivity contribution is 0.0933. The Hall–Kier alpha value is -1.55. The molecule has 126 valence electrons. The van der Waals surface area contributed by atoms with Gasteiger partial charge in [-0.3, -0.25) is 4.79 Å². The molecule has 0 bridgehead atoms. The lowest BCUT2D eigenvalue weighted by Crippen LogP contribution is -2.41. The van der Waals surface area contributed by atoms with Gasteiger partial charge in [-0.15, -0.1) is 0 Å². The van der Waals surface area contributed by atoms with Gasteiger partial charge >= 0.3 is 0 Å². The van der Waals surface area contributed by atoms with E-state index in [1.54, 1.807) is 0 Å². The third kappa shape index (κ3) is 4.71. The van der Waals surface area contributed by atoms with Crippen LogP contribution in [0.15, 0.2) is 24.3 Å². The van der Waals surface area contributed by atoms with E-state index >= 15 is 0 Å². The van der Waals surface area contributed by atoms with E-state index in [0.717, 1.165) is 12.4 Å². The Kier molecular flexibility index (Phi) is 5.55. The maximum atomic E-state index is 12.3. The van der Waals surface area contributed by atoms with Gasteiger partial charge in [-0.05, 0) is 61.8 Å². The van der Waals surface area contributed by atoms with Gasteiger partial charge in [0, 0.05) is 18.2 Å². The molecule has 1 unspecified atom stereocenters. The third-order valence-corrected chi connectivity index (χ3v) is 5.09. The Bertz CT molecular complexity index is 505. The van der Waals surface area contributed by atoms with Gasteiger partial charge in [-0.1, -0.05) is 19.3 Å². The monoisotopic (exact) mass is 316 g/mol. The van der Waals surface area contributed by atoms with Gasteiger partial charge in [-0.2, -0.15) is 0 Å². The summed E-state index contributed by atoms with van der Waals surface area (Å²) in [6.07, 6.45) is 8.94. The number of benzene rings is 1. The molecule has 0 heterocycles. The number of amides is 1. The molecule has 1 aromatic rings. The van der Waals surface area contributed by atoms with E-state index in [9.17, 15) is 4.79 Å². The minimum Gasteiger partial charge on any atom is -0.493 e. The molecule has 0 aromatic heterocycles. The summed E-state index contributed by atoms with van der Waals surface area (Å²) in [5.74, 6) is 2.08. The highest BCUT2D eigenvalue weighted by Crippen LogP contribution is 2.32. The van der Waals surface area contributed by atoms with E-state index in [4.69, 9.17) is 10.5 Å². The molecule has 2 aliphatic rings. The van der Waals surface area contributed by atoms with Crippen LogP contribution >= 0.6 is 0 Å². The first-order chi connectivity index (χ1) is 11.3. The molecule has 0 saturated heterocycles. The summed E-state index contributed by atoms with van der Waals surface area (Å²) >= 11 is 0. The summed E-state index contributed by atoms with van der Waals surface area (Å²) in [5.41, 5.74) is 6.41. The zero-order valence-corrected chi connectivity index (χ0v) is 13.8. The molecule has 1 atom stereocenters. The van der Waals surface area contributed by atoms with Crippen molar-refractivity contribution in [3.8, 4) is 5.75 Å². The first kappa shape index (κ1) is 16.3. The van der Waals surface area contributed by atoms with Crippen molar-refractivity contribution in [2.45, 2.75) is 51.0 Å². The molecule has 0 radical (unpaired) electrons. The van der Waals surface area contributed by atoms with Crippen molar-refractivity contribution in [1.29, 1.82) is 0 Å². The molecule has 1 aromatic carbocycles. The average Bonchev–Trinajstić information content (AvgIpc) is 3.44. The minimum absolute atomic E-state index is 0.0359. The fraction of sp³-hybridized carbons (Fsp3) is 0.632. The fourth-order valence-corrected chi connectivity index (χ4v) is 3.39. The van der Waals surface area contributed by atoms with Crippen molar-refractivity contribution < 1.29 is 9.53 Å². The third-order valence-electron chi connectivity index (χ3n) is 5.09. The predicted molar refractivity (Wildman–Crippen MR) is 91.5 cm³/mol. The standard InChI is InChI=1S/C19H28N2O2/c20-12-18(15-6-7-15)21-19(22)16-8-10-17(11-9-16)23-13-14-4-2-1-3-5-14/h8-11,14-15,18H,1-7,12-13,20H2,(H,21,22). The van der Waals surface area contributed by atoms with Crippen molar-refractivity contribution in [1.82, 2.24) is 5.32 Å². The quantitative estimate of drug-likeness (QED) is 0.812. The van der Waals surface area contributed by atoms with E-state index in [1.165, 1.54) is 44.9 Å². The van der Waals surface area contributed by atoms with E-state index in [-0.39, 0.29) is 11.9 Å². The van der Waals surface area contributed by atoms with Crippen molar-refractivity contribution in [2.24, 2.45) is 17.6 Å². The van der Waals surface area contributed by atoms with E-state index in [1.807, 2.05) is 24.3 Å². The molecule has 0 aliphatic heterocycles. The van der Waals surface area contributed by atoms with Crippen LogP contribution < -0.4 is 15.8 Å². The van der Waals surface area contributed by atoms with Gasteiger partial charge < -0.3 is 15.8 Å². The number of ether oxygens (including phenoxy) is 1. The molecule has 1 amide bonds. The molecule has 4 heteroatoms. The molecule has 2 fully saturated rings. The van der Waals surface area contributed by atoms with Crippen LogP contribution in [0, 0.1) is 11.8 Å². The molecule has 3 rings (SSSR count). The highest BCUT2D eigenvalue weighted by atomic mass is 16.5. The largest absolute Gasteiger partial charge is 0.493 e. The van der Waals surface area contributed by atoms with Gasteiger partial charge in [0.1, 0.15) is 5.75 Å². The second kappa shape index (κ2) is 7.82. The van der Waals surface area contributed by atoms with Crippen LogP contribution in [0.25, 0.3) is 0 Å². The van der Waals surface area contributed by atoms with Crippen LogP contribution in [0.4, 0.5) is 0 Å². The van der Waals surface area contributed by atoms with E-state index < -0.39 is 0 Å². The average molecular weight is 316 g/mol. The van der Waals surface area contributed by atoms with Crippen molar-refractivity contribution >= 4 is 5.91 Å². The number of carbonyl (C=O) groups excluding carboxylic acids is 1. The second-order valence-corrected chi connectivity index (χ2v) is 6.99. The number of hydrogen-bond acceptors (Lipinski definition) is 3. The molecule has 0 spiro atoms. The normalized spacial score (nSPS) is 20.0. The summed E-state index contributed by atoms with van der Waals surface area (Å²) < 4.78 is 5.88. The van der Waals surface area contributed by atoms with Crippen molar-refractivity contribution in [3.05, 3.63) is 29.8 Å². The molecular weight excluding hydrogens is 288 g/mol. The Morgan fingerprint density at radius 2 is 1.83 bits per heavy atom. The van der Waals surface area contributed by atoms with Gasteiger partial charge in [0.25, 0.3) is 5.91 Å². The number of rotatable bonds is 7. The van der Waals surface area contributed by atoms with Crippen LogP contribution in [-0.2, 0) is 0 Å². The first-order valence-corrected chi connectivity index (χ1v) is 9.00. The Balaban J connectivity index is 1.48. The van der Waals surface area contributed by atoms with Gasteiger partial charge in [0.2, 0.25) is 0 Å². The summed E-state index contributed by atoms with van der Waals surface area (Å²) in [6, 6.07) is 7.58. The first-order valence-electron chi connectivity index (χ1n) is 9.00. The minimum atomic E-state index is -0.0359. The highest BCUT2D eigenvalue weighted by Gasteiger charge is 2.31. The molecule has 3 N–H and O–H groups in total. The Morgan fingerprint density at radius 1 is 1.13 bits per heavy atom. The number of carbonyl (C=O) groups is 1. The van der Waals surface area contributed by atoms with Crippen LogP contribution in [0.2, 0.25) is 0 Å². The Labute approximate surface area is 138 Å².